The van der Waals surface area contributed by atoms with Crippen molar-refractivity contribution in [2.45, 2.75) is 13.5 Å². The number of aromatic nitrogens is 1. The Bertz CT molecular complexity index is 840. The summed E-state index contributed by atoms with van der Waals surface area (Å²) in [6.45, 7) is 2.34. The van der Waals surface area contributed by atoms with Crippen LogP contribution in [0.25, 0.3) is 10.8 Å². The van der Waals surface area contributed by atoms with Crippen LogP contribution in [0, 0.1) is 6.92 Å². The molecule has 2 heterocycles. The van der Waals surface area contributed by atoms with Crippen LogP contribution in [0.1, 0.15) is 20.1 Å². The second-order valence-corrected chi connectivity index (χ2v) is 6.61. The highest BCUT2D eigenvalue weighted by Gasteiger charge is 2.11. The van der Waals surface area contributed by atoms with Gasteiger partial charge in [-0.2, -0.15) is 0 Å². The largest absolute Gasteiger partial charge is 0.383 e. The summed E-state index contributed by atoms with van der Waals surface area (Å²) in [5, 5.41) is 5.45. The predicted molar refractivity (Wildman–Crippen MR) is 91.4 cm³/mol. The number of carbonyl (C=O) groups is 1. The van der Waals surface area contributed by atoms with Crippen molar-refractivity contribution < 1.29 is 4.79 Å². The first kappa shape index (κ1) is 14.8. The molecule has 22 heavy (non-hydrogen) atoms. The van der Waals surface area contributed by atoms with E-state index in [1.807, 2.05) is 31.2 Å². The van der Waals surface area contributed by atoms with Crippen LogP contribution in [0.3, 0.4) is 0 Å². The molecule has 0 saturated carbocycles. The number of hydrogen-bond donors (Lipinski definition) is 2. The van der Waals surface area contributed by atoms with E-state index < -0.39 is 0 Å². The minimum absolute atomic E-state index is 0.116. The number of anilines is 1. The highest BCUT2D eigenvalue weighted by atomic mass is 35.5. The third-order valence-electron chi connectivity index (χ3n) is 3.39. The molecule has 1 aromatic carbocycles. The molecule has 0 aliphatic carbocycles. The quantitative estimate of drug-likeness (QED) is 0.767. The second kappa shape index (κ2) is 5.94. The zero-order valence-corrected chi connectivity index (χ0v) is 13.5. The highest BCUT2D eigenvalue weighted by Crippen LogP contribution is 2.26. The Morgan fingerprint density at radius 2 is 2.18 bits per heavy atom. The van der Waals surface area contributed by atoms with Gasteiger partial charge in [0.15, 0.2) is 0 Å². The molecule has 0 aliphatic rings. The molecule has 0 radical (unpaired) electrons. The number of amides is 1. The van der Waals surface area contributed by atoms with Gasteiger partial charge in [-0.3, -0.25) is 4.79 Å². The van der Waals surface area contributed by atoms with Crippen molar-refractivity contribution in [3.05, 3.63) is 56.9 Å². The van der Waals surface area contributed by atoms with Crippen LogP contribution >= 0.6 is 22.9 Å². The van der Waals surface area contributed by atoms with E-state index in [9.17, 15) is 4.79 Å². The van der Waals surface area contributed by atoms with Crippen LogP contribution in [0.15, 0.2) is 36.5 Å². The number of nitrogens with zero attached hydrogens (tertiary/aromatic N) is 1. The van der Waals surface area contributed by atoms with Crippen molar-refractivity contribution >= 4 is 45.4 Å². The fourth-order valence-electron chi connectivity index (χ4n) is 2.20. The third kappa shape index (κ3) is 2.91. The van der Waals surface area contributed by atoms with Crippen molar-refractivity contribution in [2.75, 3.05) is 5.73 Å². The van der Waals surface area contributed by atoms with Crippen molar-refractivity contribution in [3.63, 3.8) is 0 Å². The number of nitrogens with two attached hydrogens (primary N) is 1. The number of halogens is 1. The zero-order valence-electron chi connectivity index (χ0n) is 11.9. The van der Waals surface area contributed by atoms with Crippen LogP contribution in [-0.4, -0.2) is 10.9 Å². The number of rotatable bonds is 3. The number of pyridine rings is 1. The van der Waals surface area contributed by atoms with Crippen molar-refractivity contribution in [3.8, 4) is 0 Å². The van der Waals surface area contributed by atoms with Crippen molar-refractivity contribution in [1.82, 2.24) is 10.3 Å². The lowest BCUT2D eigenvalue weighted by atomic mass is 10.1. The maximum Gasteiger partial charge on any atom is 0.261 e. The maximum absolute atomic E-state index is 12.1. The molecular weight excluding hydrogens is 318 g/mol. The minimum atomic E-state index is -0.116. The lowest BCUT2D eigenvalue weighted by molar-refractivity contribution is 0.0955. The van der Waals surface area contributed by atoms with Crippen molar-refractivity contribution in [1.29, 1.82) is 0 Å². The Labute approximate surface area is 136 Å². The molecular formula is C16H14ClN3OS. The molecule has 3 N–H and O–H groups in total. The first-order valence-corrected chi connectivity index (χ1v) is 7.91. The third-order valence-corrected chi connectivity index (χ3v) is 4.95. The SMILES string of the molecule is Cc1sc(C(=O)NCc2ccc3c(N)nccc3c2)cc1Cl. The van der Waals surface area contributed by atoms with E-state index in [-0.39, 0.29) is 5.91 Å². The van der Waals surface area contributed by atoms with Gasteiger partial charge in [-0.05, 0) is 36.1 Å². The Balaban J connectivity index is 1.75. The summed E-state index contributed by atoms with van der Waals surface area (Å²) in [6.07, 6.45) is 1.68. The first-order valence-electron chi connectivity index (χ1n) is 6.72. The average molecular weight is 332 g/mol. The number of carbonyl (C=O) groups excluding carboxylic acids is 1. The van der Waals surface area contributed by atoms with Crippen molar-refractivity contribution in [2.24, 2.45) is 0 Å². The molecule has 0 unspecified atom stereocenters. The number of thiophene rings is 1. The number of benzene rings is 1. The molecule has 4 nitrogen and oxygen atoms in total. The van der Waals surface area contributed by atoms with Gasteiger partial charge >= 0.3 is 0 Å². The van der Waals surface area contributed by atoms with Gasteiger partial charge in [0.2, 0.25) is 0 Å². The normalized spacial score (nSPS) is 10.8. The molecule has 3 rings (SSSR count). The fourth-order valence-corrected chi connectivity index (χ4v) is 3.32. The minimum Gasteiger partial charge on any atom is -0.383 e. The van der Waals surface area contributed by atoms with Gasteiger partial charge in [0.05, 0.1) is 9.90 Å². The zero-order chi connectivity index (χ0) is 15.7. The highest BCUT2D eigenvalue weighted by molar-refractivity contribution is 7.14. The molecule has 3 aromatic rings. The molecule has 112 valence electrons. The van der Waals surface area contributed by atoms with Crippen LogP contribution < -0.4 is 11.1 Å². The molecule has 0 bridgehead atoms. The van der Waals surface area contributed by atoms with Gasteiger partial charge in [0.25, 0.3) is 5.91 Å². The maximum atomic E-state index is 12.1. The van der Waals surface area contributed by atoms with E-state index >= 15 is 0 Å². The Kier molecular flexibility index (Phi) is 4.00. The van der Waals surface area contributed by atoms with Crippen LogP contribution in [0.2, 0.25) is 5.02 Å². The van der Waals surface area contributed by atoms with Gasteiger partial charge in [-0.25, -0.2) is 4.98 Å². The summed E-state index contributed by atoms with van der Waals surface area (Å²) < 4.78 is 0. The van der Waals surface area contributed by atoms with Crippen LogP contribution in [0.4, 0.5) is 5.82 Å². The molecule has 0 saturated heterocycles. The summed E-state index contributed by atoms with van der Waals surface area (Å²) in [6, 6.07) is 9.46. The Morgan fingerprint density at radius 3 is 2.91 bits per heavy atom. The predicted octanol–water partition coefficient (Wildman–Crippen LogP) is 3.77. The Hall–Kier alpha value is -2.11. The molecule has 0 aliphatic heterocycles. The summed E-state index contributed by atoms with van der Waals surface area (Å²) in [5.74, 6) is 0.395. The summed E-state index contributed by atoms with van der Waals surface area (Å²) in [5.41, 5.74) is 6.83. The molecule has 2 aromatic heterocycles. The van der Waals surface area contributed by atoms with E-state index in [1.54, 1.807) is 12.3 Å². The van der Waals surface area contributed by atoms with Gasteiger partial charge in [-0.15, -0.1) is 11.3 Å². The van der Waals surface area contributed by atoms with Gasteiger partial charge in [0, 0.05) is 23.0 Å². The smallest absolute Gasteiger partial charge is 0.261 e. The molecule has 0 fully saturated rings. The van der Waals surface area contributed by atoms with Crippen LogP contribution in [-0.2, 0) is 6.54 Å². The van der Waals surface area contributed by atoms with E-state index in [0.717, 1.165) is 21.2 Å². The fraction of sp³-hybridized carbons (Fsp3) is 0.125. The number of aryl methyl sites for hydroxylation is 1. The van der Waals surface area contributed by atoms with E-state index in [2.05, 4.69) is 10.3 Å². The monoisotopic (exact) mass is 331 g/mol. The second-order valence-electron chi connectivity index (χ2n) is 4.95. The number of hydrogen-bond acceptors (Lipinski definition) is 4. The number of nitrogen functional groups attached to an aromatic ring is 1. The molecule has 0 spiro atoms. The summed E-state index contributed by atoms with van der Waals surface area (Å²) in [7, 11) is 0. The van der Waals surface area contributed by atoms with E-state index in [0.29, 0.717) is 22.3 Å². The van der Waals surface area contributed by atoms with Crippen LogP contribution in [0.5, 0.6) is 0 Å². The van der Waals surface area contributed by atoms with Gasteiger partial charge < -0.3 is 11.1 Å². The lowest BCUT2D eigenvalue weighted by Crippen LogP contribution is -2.21. The summed E-state index contributed by atoms with van der Waals surface area (Å²) in [4.78, 5) is 17.7. The molecule has 6 heteroatoms. The average Bonchev–Trinajstić information content (AvgIpc) is 2.84. The van der Waals surface area contributed by atoms with Gasteiger partial charge in [-0.1, -0.05) is 23.7 Å². The summed E-state index contributed by atoms with van der Waals surface area (Å²) >= 11 is 7.38. The topological polar surface area (TPSA) is 68.0 Å². The standard InChI is InChI=1S/C16H14ClN3OS/c1-9-13(17)7-14(22-9)16(21)20-8-10-2-3-12-11(6-10)4-5-19-15(12)18/h2-7H,8H2,1H3,(H2,18,19)(H,20,21). The molecule has 1 amide bonds. The van der Waals surface area contributed by atoms with E-state index in [1.165, 1.54) is 11.3 Å². The van der Waals surface area contributed by atoms with Gasteiger partial charge in [0.1, 0.15) is 5.82 Å². The van der Waals surface area contributed by atoms with E-state index in [4.69, 9.17) is 17.3 Å². The number of fused-ring (bicyclic) bond motifs is 1. The lowest BCUT2D eigenvalue weighted by Gasteiger charge is -2.06. The Morgan fingerprint density at radius 1 is 1.36 bits per heavy atom. The number of nitrogens with one attached hydrogen (secondary N) is 1. The first-order chi connectivity index (χ1) is 10.5. The molecule has 0 atom stereocenters.